The van der Waals surface area contributed by atoms with E-state index in [4.69, 9.17) is 26.9 Å². The number of guanidine groups is 1. The number of nitriles is 1. The largest absolute Gasteiger partial charge is 0.456 e. The van der Waals surface area contributed by atoms with Crippen LogP contribution in [-0.2, 0) is 6.54 Å². The summed E-state index contributed by atoms with van der Waals surface area (Å²) in [6.45, 7) is 0.258. The van der Waals surface area contributed by atoms with Crippen molar-refractivity contribution in [1.82, 2.24) is 4.98 Å². The molecule has 10 heteroatoms. The van der Waals surface area contributed by atoms with E-state index >= 15 is 0 Å². The highest BCUT2D eigenvalue weighted by Crippen LogP contribution is 2.28. The van der Waals surface area contributed by atoms with Crippen LogP contribution in [0.15, 0.2) is 26.9 Å². The predicted molar refractivity (Wildman–Crippen MR) is 87.6 cm³/mol. The molecule has 0 radical (unpaired) electrons. The van der Waals surface area contributed by atoms with Crippen molar-refractivity contribution in [2.75, 3.05) is 6.26 Å². The van der Waals surface area contributed by atoms with Crippen LogP contribution in [0, 0.1) is 11.5 Å². The Morgan fingerprint density at radius 2 is 2.27 bits per heavy atom. The van der Waals surface area contributed by atoms with Crippen LogP contribution in [0.1, 0.15) is 5.76 Å². The number of hydrogen-bond acceptors (Lipinski definition) is 6. The molecule has 0 saturated carbocycles. The van der Waals surface area contributed by atoms with Crippen molar-refractivity contribution in [3.8, 4) is 17.6 Å². The second-order valence-electron chi connectivity index (χ2n) is 4.05. The van der Waals surface area contributed by atoms with Crippen LogP contribution >= 0.6 is 23.1 Å². The molecule has 0 atom stereocenters. The number of aromatic nitrogens is 1. The highest BCUT2D eigenvalue weighted by molar-refractivity contribution is 8.12. The summed E-state index contributed by atoms with van der Waals surface area (Å²) >= 11 is 2.60. The zero-order chi connectivity index (χ0) is 16.1. The summed E-state index contributed by atoms with van der Waals surface area (Å²) < 4.78 is 7.02. The molecule has 0 unspecified atom stereocenters. The third-order valence-corrected chi connectivity index (χ3v) is 3.91. The number of nitrogens with two attached hydrogens (primary N) is 3. The van der Waals surface area contributed by atoms with E-state index < -0.39 is 0 Å². The van der Waals surface area contributed by atoms with Crippen LogP contribution in [-0.4, -0.2) is 26.9 Å². The van der Waals surface area contributed by atoms with Crippen LogP contribution < -0.4 is 17.2 Å². The minimum absolute atomic E-state index is 0.0474. The maximum absolute atomic E-state index is 9.07. The molecule has 0 saturated heterocycles. The van der Waals surface area contributed by atoms with Gasteiger partial charge in [0.15, 0.2) is 11.7 Å². The summed E-state index contributed by atoms with van der Waals surface area (Å²) in [7, 11) is 0. The van der Waals surface area contributed by atoms with E-state index in [-0.39, 0.29) is 12.5 Å². The van der Waals surface area contributed by atoms with Gasteiger partial charge in [-0.2, -0.15) is 9.57 Å². The molecule has 0 aliphatic carbocycles. The van der Waals surface area contributed by atoms with Gasteiger partial charge in [-0.1, -0.05) is 11.8 Å². The monoisotopic (exact) mass is 336 g/mol. The fourth-order valence-corrected chi connectivity index (χ4v) is 2.59. The average Bonchev–Trinajstić information content (AvgIpc) is 3.12. The van der Waals surface area contributed by atoms with E-state index in [0.717, 1.165) is 0 Å². The molecule has 2 rings (SSSR count). The van der Waals surface area contributed by atoms with Crippen molar-refractivity contribution < 1.29 is 8.99 Å². The Kier molecular flexibility index (Phi) is 5.03. The lowest BCUT2D eigenvalue weighted by molar-refractivity contribution is -0.457. The number of aliphatic imine (C=N–C) groups is 1. The summed E-state index contributed by atoms with van der Waals surface area (Å²) in [5.41, 5.74) is 17.0. The Labute approximate surface area is 135 Å². The van der Waals surface area contributed by atoms with Gasteiger partial charge in [-0.15, -0.1) is 11.3 Å². The standard InChI is InChI=1S/C12H13N7OS2/c1-21-11(16)19(6-13)4-7-2-3-9(20-7)8-5-22-12(17-8)18-10(14)15/h2-3,5,16H,4H2,1H3,(H4,14,15,17,18)/p+1. The Morgan fingerprint density at radius 3 is 2.91 bits per heavy atom. The molecule has 2 heterocycles. The number of rotatable bonds is 4. The lowest BCUT2D eigenvalue weighted by atomic mass is 10.3. The van der Waals surface area contributed by atoms with E-state index in [2.05, 4.69) is 9.98 Å². The molecular weight excluding hydrogens is 322 g/mol. The molecule has 22 heavy (non-hydrogen) atoms. The third kappa shape index (κ3) is 3.78. The predicted octanol–water partition coefficient (Wildman–Crippen LogP) is 0.979. The second-order valence-corrected chi connectivity index (χ2v) is 5.71. The first-order valence-corrected chi connectivity index (χ1v) is 8.12. The molecular formula is C12H14N7OS2+. The molecule has 114 valence electrons. The smallest absolute Gasteiger partial charge is 0.371 e. The van der Waals surface area contributed by atoms with Gasteiger partial charge in [0.25, 0.3) is 5.17 Å². The SMILES string of the molecule is CSC(N)=[N+](C#N)Cc1ccc(-c2csc(N=C(N)N)n2)o1. The van der Waals surface area contributed by atoms with Crippen LogP contribution in [0.4, 0.5) is 5.13 Å². The van der Waals surface area contributed by atoms with Gasteiger partial charge in [0.1, 0.15) is 18.0 Å². The van der Waals surface area contributed by atoms with Crippen molar-refractivity contribution >= 4 is 39.4 Å². The zero-order valence-corrected chi connectivity index (χ0v) is 13.3. The fraction of sp³-hybridized carbons (Fsp3) is 0.167. The third-order valence-electron chi connectivity index (χ3n) is 2.54. The van der Waals surface area contributed by atoms with E-state index in [1.54, 1.807) is 23.8 Å². The molecule has 0 aliphatic rings. The summed E-state index contributed by atoms with van der Waals surface area (Å²) in [4.78, 5) is 8.12. The normalized spacial score (nSPS) is 11.6. The number of hydrogen-bond donors (Lipinski definition) is 3. The van der Waals surface area contributed by atoms with Gasteiger partial charge in [-0.3, -0.25) is 0 Å². The molecule has 0 aliphatic heterocycles. The van der Waals surface area contributed by atoms with Crippen LogP contribution in [0.2, 0.25) is 0 Å². The van der Waals surface area contributed by atoms with E-state index in [9.17, 15) is 0 Å². The molecule has 0 aromatic carbocycles. The van der Waals surface area contributed by atoms with Crippen LogP contribution in [0.3, 0.4) is 0 Å². The Morgan fingerprint density at radius 1 is 1.50 bits per heavy atom. The number of thiazole rings is 1. The first kappa shape index (κ1) is 15.9. The number of amidine groups is 1. The molecule has 0 fully saturated rings. The van der Waals surface area contributed by atoms with Crippen LogP contribution in [0.5, 0.6) is 0 Å². The fourth-order valence-electron chi connectivity index (χ4n) is 1.57. The van der Waals surface area contributed by atoms with Crippen molar-refractivity contribution in [1.29, 1.82) is 5.26 Å². The van der Waals surface area contributed by atoms with Crippen molar-refractivity contribution in [3.63, 3.8) is 0 Å². The van der Waals surface area contributed by atoms with E-state index in [1.807, 2.05) is 6.19 Å². The minimum Gasteiger partial charge on any atom is -0.456 e. The summed E-state index contributed by atoms with van der Waals surface area (Å²) in [5, 5.41) is 11.7. The number of nitrogens with zero attached hydrogens (tertiary/aromatic N) is 4. The van der Waals surface area contributed by atoms with Gasteiger partial charge in [-0.25, -0.2) is 4.98 Å². The van der Waals surface area contributed by atoms with Crippen LogP contribution in [0.25, 0.3) is 11.5 Å². The molecule has 0 spiro atoms. The molecule has 8 nitrogen and oxygen atoms in total. The van der Waals surface area contributed by atoms with Crippen molar-refractivity contribution in [2.45, 2.75) is 6.54 Å². The summed E-state index contributed by atoms with van der Waals surface area (Å²) in [6.07, 6.45) is 3.81. The first-order valence-electron chi connectivity index (χ1n) is 6.01. The Bertz CT molecular complexity index is 765. The van der Waals surface area contributed by atoms with Gasteiger partial charge in [0.2, 0.25) is 5.13 Å². The topological polar surface area (TPSA) is 143 Å². The Balaban J connectivity index is 2.20. The Hall–Kier alpha value is -2.51. The summed E-state index contributed by atoms with van der Waals surface area (Å²) in [5.74, 6) is 1.13. The maximum atomic E-state index is 9.07. The van der Waals surface area contributed by atoms with Gasteiger partial charge < -0.3 is 21.6 Å². The lowest BCUT2D eigenvalue weighted by Gasteiger charge is -1.98. The van der Waals surface area contributed by atoms with Gasteiger partial charge >= 0.3 is 6.19 Å². The van der Waals surface area contributed by atoms with Crippen molar-refractivity contribution in [2.24, 2.45) is 22.2 Å². The second kappa shape index (κ2) is 6.97. The molecule has 2 aromatic rings. The first-order chi connectivity index (χ1) is 10.5. The molecule has 0 amide bonds. The zero-order valence-electron chi connectivity index (χ0n) is 11.7. The highest BCUT2D eigenvalue weighted by atomic mass is 32.2. The molecule has 6 N–H and O–H groups in total. The van der Waals surface area contributed by atoms with Crippen molar-refractivity contribution in [3.05, 3.63) is 23.3 Å². The minimum atomic E-state index is -0.0474. The quantitative estimate of drug-likeness (QED) is 0.248. The number of furan rings is 1. The average molecular weight is 336 g/mol. The van der Waals surface area contributed by atoms with Gasteiger partial charge in [0, 0.05) is 10.6 Å². The summed E-state index contributed by atoms with van der Waals surface area (Å²) in [6, 6.07) is 3.54. The van der Waals surface area contributed by atoms with Gasteiger partial charge in [0.05, 0.1) is 0 Å². The van der Waals surface area contributed by atoms with E-state index in [0.29, 0.717) is 27.5 Å². The van der Waals surface area contributed by atoms with Gasteiger partial charge in [-0.05, 0) is 18.4 Å². The lowest BCUT2D eigenvalue weighted by Crippen LogP contribution is -2.21. The molecule has 2 aromatic heterocycles. The maximum Gasteiger partial charge on any atom is 0.371 e. The number of thioether (sulfide) groups is 1. The molecule has 0 bridgehead atoms. The van der Waals surface area contributed by atoms with E-state index in [1.165, 1.54) is 27.7 Å². The highest BCUT2D eigenvalue weighted by Gasteiger charge is 2.13.